The van der Waals surface area contributed by atoms with E-state index >= 15 is 0 Å². The van der Waals surface area contributed by atoms with Crippen LogP contribution in [0.1, 0.15) is 51.9 Å². The minimum absolute atomic E-state index is 0.0150. The largest absolute Gasteiger partial charge is 0.544 e. The predicted octanol–water partition coefficient (Wildman–Crippen LogP) is 2.97. The summed E-state index contributed by atoms with van der Waals surface area (Å²) in [6.07, 6.45) is 0. The SMILES string of the molecule is Cc1csc(C(=O)[O-])c1NC(=O)c1ccc(C(C)(C)C)cc1. The van der Waals surface area contributed by atoms with Crippen LogP contribution in [0.4, 0.5) is 5.69 Å². The number of carboxylic acid groups (broad SMARTS) is 1. The van der Waals surface area contributed by atoms with Gasteiger partial charge in [0.15, 0.2) is 0 Å². The number of carboxylic acids is 1. The fourth-order valence-electron chi connectivity index (χ4n) is 2.06. The molecule has 2 rings (SSSR count). The molecule has 0 saturated carbocycles. The van der Waals surface area contributed by atoms with Crippen LogP contribution in [-0.2, 0) is 5.41 Å². The van der Waals surface area contributed by atoms with Gasteiger partial charge in [0.1, 0.15) is 0 Å². The molecule has 0 aliphatic heterocycles. The van der Waals surface area contributed by atoms with Crippen LogP contribution < -0.4 is 10.4 Å². The maximum atomic E-state index is 12.3. The third-order valence-electron chi connectivity index (χ3n) is 3.41. The molecule has 0 aliphatic rings. The van der Waals surface area contributed by atoms with Gasteiger partial charge in [-0.3, -0.25) is 4.79 Å². The van der Waals surface area contributed by atoms with Crippen molar-refractivity contribution >= 4 is 28.9 Å². The summed E-state index contributed by atoms with van der Waals surface area (Å²) in [5.41, 5.74) is 2.66. The number of anilines is 1. The van der Waals surface area contributed by atoms with Crippen molar-refractivity contribution in [1.82, 2.24) is 0 Å². The molecule has 0 radical (unpaired) electrons. The molecule has 1 aromatic carbocycles. The third-order valence-corrected chi connectivity index (χ3v) is 4.49. The van der Waals surface area contributed by atoms with Gasteiger partial charge in [-0.2, -0.15) is 0 Å². The highest BCUT2D eigenvalue weighted by Crippen LogP contribution is 2.28. The Bertz CT molecular complexity index is 708. The molecule has 1 amide bonds. The number of hydrogen-bond acceptors (Lipinski definition) is 4. The van der Waals surface area contributed by atoms with Crippen molar-refractivity contribution in [1.29, 1.82) is 0 Å². The Kier molecular flexibility index (Phi) is 4.37. The highest BCUT2D eigenvalue weighted by atomic mass is 32.1. The summed E-state index contributed by atoms with van der Waals surface area (Å²) in [4.78, 5) is 23.4. The molecule has 2 aromatic rings. The number of aromatic carboxylic acids is 1. The minimum atomic E-state index is -1.28. The topological polar surface area (TPSA) is 69.2 Å². The standard InChI is InChI=1S/C17H19NO3S/c1-10-9-22-14(16(20)21)13(10)18-15(19)11-5-7-12(8-6-11)17(2,3)4/h5-9H,1-4H3,(H,18,19)(H,20,21)/p-1. The lowest BCUT2D eigenvalue weighted by molar-refractivity contribution is -0.254. The van der Waals surface area contributed by atoms with Crippen molar-refractivity contribution in [3.8, 4) is 0 Å². The molecule has 5 heteroatoms. The summed E-state index contributed by atoms with van der Waals surface area (Å²) in [6.45, 7) is 8.05. The first-order valence-electron chi connectivity index (χ1n) is 6.91. The number of rotatable bonds is 3. The van der Waals surface area contributed by atoms with Crippen molar-refractivity contribution in [2.75, 3.05) is 5.32 Å². The summed E-state index contributed by atoms with van der Waals surface area (Å²) in [7, 11) is 0. The quantitative estimate of drug-likeness (QED) is 0.946. The van der Waals surface area contributed by atoms with Gasteiger partial charge in [0, 0.05) is 5.56 Å². The molecule has 22 heavy (non-hydrogen) atoms. The molecule has 0 unspecified atom stereocenters. The average molecular weight is 316 g/mol. The highest BCUT2D eigenvalue weighted by molar-refractivity contribution is 7.12. The average Bonchev–Trinajstić information content (AvgIpc) is 2.79. The molecule has 1 N–H and O–H groups in total. The van der Waals surface area contributed by atoms with E-state index in [1.54, 1.807) is 24.4 Å². The lowest BCUT2D eigenvalue weighted by atomic mass is 9.87. The Hall–Kier alpha value is -2.14. The molecular weight excluding hydrogens is 298 g/mol. The van der Waals surface area contributed by atoms with Crippen LogP contribution in [-0.4, -0.2) is 11.9 Å². The van der Waals surface area contributed by atoms with Crippen LogP contribution in [0.3, 0.4) is 0 Å². The van der Waals surface area contributed by atoms with E-state index in [4.69, 9.17) is 0 Å². The number of carbonyl (C=O) groups excluding carboxylic acids is 2. The highest BCUT2D eigenvalue weighted by Gasteiger charge is 2.16. The number of nitrogens with one attached hydrogen (secondary N) is 1. The lowest BCUT2D eigenvalue weighted by Gasteiger charge is -2.19. The van der Waals surface area contributed by atoms with E-state index in [1.807, 2.05) is 12.1 Å². The monoisotopic (exact) mass is 316 g/mol. The molecule has 0 atom stereocenters. The molecule has 0 aliphatic carbocycles. The van der Waals surface area contributed by atoms with Crippen LogP contribution in [0.15, 0.2) is 29.6 Å². The van der Waals surface area contributed by atoms with Gasteiger partial charge in [-0.15, -0.1) is 11.3 Å². The summed E-state index contributed by atoms with van der Waals surface area (Å²) in [5, 5.41) is 15.4. The van der Waals surface area contributed by atoms with E-state index in [-0.39, 0.29) is 16.2 Å². The van der Waals surface area contributed by atoms with Gasteiger partial charge in [0.05, 0.1) is 16.5 Å². The van der Waals surface area contributed by atoms with Gasteiger partial charge in [-0.1, -0.05) is 32.9 Å². The van der Waals surface area contributed by atoms with Crippen LogP contribution in [0, 0.1) is 6.92 Å². The summed E-state index contributed by atoms with van der Waals surface area (Å²) >= 11 is 1.05. The first kappa shape index (κ1) is 16.2. The molecule has 116 valence electrons. The number of aryl methyl sites for hydroxylation is 1. The zero-order valence-electron chi connectivity index (χ0n) is 13.0. The van der Waals surface area contributed by atoms with Crippen molar-refractivity contribution in [3.63, 3.8) is 0 Å². The van der Waals surface area contributed by atoms with E-state index in [0.29, 0.717) is 16.8 Å². The Balaban J connectivity index is 2.23. The van der Waals surface area contributed by atoms with E-state index in [1.165, 1.54) is 0 Å². The number of carbonyl (C=O) groups is 2. The fourth-order valence-corrected chi connectivity index (χ4v) is 2.90. The Morgan fingerprint density at radius 1 is 1.14 bits per heavy atom. The molecule has 0 saturated heterocycles. The molecule has 0 bridgehead atoms. The number of benzene rings is 1. The predicted molar refractivity (Wildman–Crippen MR) is 86.5 cm³/mol. The zero-order valence-corrected chi connectivity index (χ0v) is 13.8. The van der Waals surface area contributed by atoms with E-state index in [9.17, 15) is 14.7 Å². The van der Waals surface area contributed by atoms with Crippen LogP contribution >= 0.6 is 11.3 Å². The number of hydrogen-bond donors (Lipinski definition) is 1. The van der Waals surface area contributed by atoms with Gasteiger partial charge >= 0.3 is 0 Å². The second-order valence-corrected chi connectivity index (χ2v) is 7.07. The molecular formula is C17H18NO3S-. The van der Waals surface area contributed by atoms with Crippen molar-refractivity contribution in [3.05, 3.63) is 51.2 Å². The molecule has 1 heterocycles. The molecule has 4 nitrogen and oxygen atoms in total. The normalized spacial score (nSPS) is 11.3. The van der Waals surface area contributed by atoms with Gasteiger partial charge in [0.2, 0.25) is 0 Å². The summed E-state index contributed by atoms with van der Waals surface area (Å²) in [6, 6.07) is 7.32. The fraction of sp³-hybridized carbons (Fsp3) is 0.294. The second-order valence-electron chi connectivity index (χ2n) is 6.19. The van der Waals surface area contributed by atoms with E-state index in [0.717, 1.165) is 16.9 Å². The van der Waals surface area contributed by atoms with Crippen molar-refractivity contribution < 1.29 is 14.7 Å². The van der Waals surface area contributed by atoms with Crippen LogP contribution in [0.2, 0.25) is 0 Å². The molecule has 0 spiro atoms. The van der Waals surface area contributed by atoms with Crippen molar-refractivity contribution in [2.24, 2.45) is 0 Å². The van der Waals surface area contributed by atoms with Gasteiger partial charge < -0.3 is 15.2 Å². The van der Waals surface area contributed by atoms with Gasteiger partial charge in [0.25, 0.3) is 5.91 Å². The van der Waals surface area contributed by atoms with Gasteiger partial charge in [-0.05, 0) is 41.0 Å². The maximum absolute atomic E-state index is 12.3. The first-order valence-corrected chi connectivity index (χ1v) is 7.79. The lowest BCUT2D eigenvalue weighted by Crippen LogP contribution is -2.23. The number of thiophene rings is 1. The Labute approximate surface area is 133 Å². The van der Waals surface area contributed by atoms with E-state index in [2.05, 4.69) is 26.1 Å². The Morgan fingerprint density at radius 2 is 1.73 bits per heavy atom. The summed E-state index contributed by atoms with van der Waals surface area (Å²) in [5.74, 6) is -1.61. The minimum Gasteiger partial charge on any atom is -0.544 e. The van der Waals surface area contributed by atoms with Crippen molar-refractivity contribution in [2.45, 2.75) is 33.1 Å². The number of amides is 1. The zero-order chi connectivity index (χ0) is 16.5. The molecule has 1 aromatic heterocycles. The Morgan fingerprint density at radius 3 is 2.23 bits per heavy atom. The maximum Gasteiger partial charge on any atom is 0.255 e. The second kappa shape index (κ2) is 5.93. The van der Waals surface area contributed by atoms with Gasteiger partial charge in [-0.25, -0.2) is 0 Å². The van der Waals surface area contributed by atoms with E-state index < -0.39 is 5.97 Å². The smallest absolute Gasteiger partial charge is 0.255 e. The first-order chi connectivity index (χ1) is 10.2. The summed E-state index contributed by atoms with van der Waals surface area (Å²) < 4.78 is 0. The third kappa shape index (κ3) is 3.36. The van der Waals surface area contributed by atoms with Crippen LogP contribution in [0.5, 0.6) is 0 Å². The van der Waals surface area contributed by atoms with Crippen LogP contribution in [0.25, 0.3) is 0 Å². The molecule has 0 fully saturated rings.